The highest BCUT2D eigenvalue weighted by atomic mass is 16.6. The van der Waals surface area contributed by atoms with Crippen molar-refractivity contribution in [2.24, 2.45) is 0 Å². The van der Waals surface area contributed by atoms with Gasteiger partial charge in [-0.2, -0.15) is 0 Å². The summed E-state index contributed by atoms with van der Waals surface area (Å²) < 4.78 is 6.61. The summed E-state index contributed by atoms with van der Waals surface area (Å²) in [4.78, 5) is 41.7. The summed E-state index contributed by atoms with van der Waals surface area (Å²) in [6.07, 6.45) is 2.56. The van der Waals surface area contributed by atoms with Crippen LogP contribution < -0.4 is 10.2 Å². The minimum Gasteiger partial charge on any atom is -0.504 e. The predicted molar refractivity (Wildman–Crippen MR) is 103 cm³/mol. The van der Waals surface area contributed by atoms with E-state index in [4.69, 9.17) is 4.74 Å². The van der Waals surface area contributed by atoms with Gasteiger partial charge in [-0.1, -0.05) is 0 Å². The predicted octanol–water partition coefficient (Wildman–Crippen LogP) is 1.73. The zero-order chi connectivity index (χ0) is 20.5. The highest BCUT2D eigenvalue weighted by Gasteiger charge is 2.34. The molecule has 1 aliphatic heterocycles. The Kier molecular flexibility index (Phi) is 4.63. The number of aromatic hydroxyl groups is 1. The van der Waals surface area contributed by atoms with Crippen molar-refractivity contribution in [1.82, 2.24) is 14.7 Å². The molecule has 1 unspecified atom stereocenters. The van der Waals surface area contributed by atoms with Crippen molar-refractivity contribution in [1.29, 1.82) is 0 Å². The van der Waals surface area contributed by atoms with Crippen molar-refractivity contribution in [2.75, 3.05) is 18.1 Å². The third kappa shape index (κ3) is 3.38. The molecule has 0 saturated carbocycles. The molecule has 2 aromatic heterocycles. The summed E-state index contributed by atoms with van der Waals surface area (Å²) in [5.74, 6) is -0.475. The maximum atomic E-state index is 12.9. The fraction of sp³-hybridized carbons (Fsp3) is 0.200. The largest absolute Gasteiger partial charge is 0.504 e. The van der Waals surface area contributed by atoms with Crippen molar-refractivity contribution in [3.05, 3.63) is 60.0 Å². The molecule has 9 heteroatoms. The Bertz CT molecular complexity index is 1110. The molecule has 0 aliphatic carbocycles. The molecule has 0 radical (unpaired) electrons. The van der Waals surface area contributed by atoms with Crippen LogP contribution in [0.1, 0.15) is 23.0 Å². The van der Waals surface area contributed by atoms with Gasteiger partial charge in [0.2, 0.25) is 11.7 Å². The normalized spacial score (nSPS) is 16.1. The monoisotopic (exact) mass is 394 g/mol. The smallest absolute Gasteiger partial charge is 0.414 e. The van der Waals surface area contributed by atoms with Gasteiger partial charge in [0.05, 0.1) is 12.2 Å². The number of pyridine rings is 1. The highest BCUT2D eigenvalue weighted by molar-refractivity contribution is 6.08. The first-order valence-corrected chi connectivity index (χ1v) is 8.96. The molecule has 1 atom stereocenters. The Morgan fingerprint density at radius 3 is 2.76 bits per heavy atom. The van der Waals surface area contributed by atoms with Gasteiger partial charge in [-0.15, -0.1) is 0 Å². The van der Waals surface area contributed by atoms with Crippen LogP contribution in [0, 0.1) is 0 Å². The topological polar surface area (TPSA) is 113 Å². The number of imidazole rings is 1. The van der Waals surface area contributed by atoms with Crippen molar-refractivity contribution in [3.63, 3.8) is 0 Å². The summed E-state index contributed by atoms with van der Waals surface area (Å²) in [5, 5.41) is 12.5. The van der Waals surface area contributed by atoms with E-state index in [1.54, 1.807) is 36.5 Å². The molecule has 9 nitrogen and oxygen atoms in total. The van der Waals surface area contributed by atoms with Crippen LogP contribution in [-0.4, -0.2) is 51.5 Å². The Balaban J connectivity index is 1.58. The minimum absolute atomic E-state index is 0.0142. The van der Waals surface area contributed by atoms with E-state index in [0.29, 0.717) is 22.6 Å². The number of rotatable bonds is 5. The maximum Gasteiger partial charge on any atom is 0.414 e. The number of anilines is 1. The summed E-state index contributed by atoms with van der Waals surface area (Å²) in [6.45, 7) is 1.85. The highest BCUT2D eigenvalue weighted by Crippen LogP contribution is 2.25. The fourth-order valence-electron chi connectivity index (χ4n) is 3.27. The van der Waals surface area contributed by atoms with Gasteiger partial charge in [0.25, 0.3) is 0 Å². The first-order chi connectivity index (χ1) is 14.0. The first kappa shape index (κ1) is 18.5. The number of ether oxygens (including phenoxy) is 1. The van der Waals surface area contributed by atoms with Crippen LogP contribution in [0.2, 0.25) is 0 Å². The Morgan fingerprint density at radius 1 is 1.28 bits per heavy atom. The zero-order valence-corrected chi connectivity index (χ0v) is 15.5. The Labute approximate surface area is 165 Å². The molecule has 148 valence electrons. The summed E-state index contributed by atoms with van der Waals surface area (Å²) in [5.41, 5.74) is 1.58. The van der Waals surface area contributed by atoms with Crippen LogP contribution in [-0.2, 0) is 9.53 Å². The van der Waals surface area contributed by atoms with Crippen molar-refractivity contribution < 1.29 is 24.2 Å². The number of carbonyl (C=O) groups is 3. The molecule has 1 aliphatic rings. The molecule has 2 N–H and O–H groups in total. The van der Waals surface area contributed by atoms with E-state index < -0.39 is 6.09 Å². The number of benzene rings is 1. The lowest BCUT2D eigenvalue weighted by atomic mass is 10.1. The van der Waals surface area contributed by atoms with Crippen LogP contribution in [0.5, 0.6) is 5.75 Å². The minimum atomic E-state index is -0.503. The number of cyclic esters (lactones) is 1. The summed E-state index contributed by atoms with van der Waals surface area (Å²) >= 11 is 0. The van der Waals surface area contributed by atoms with Gasteiger partial charge in [-0.25, -0.2) is 9.78 Å². The molecular weight excluding hydrogens is 376 g/mol. The number of carbonyl (C=O) groups excluding carboxylic acids is 3. The lowest BCUT2D eigenvalue weighted by Crippen LogP contribution is -2.42. The maximum absolute atomic E-state index is 12.9. The lowest BCUT2D eigenvalue weighted by molar-refractivity contribution is -0.119. The van der Waals surface area contributed by atoms with E-state index in [1.165, 1.54) is 28.5 Å². The summed E-state index contributed by atoms with van der Waals surface area (Å²) in [7, 11) is 0. The first-order valence-electron chi connectivity index (χ1n) is 8.96. The van der Waals surface area contributed by atoms with Gasteiger partial charge in [0.1, 0.15) is 12.3 Å². The molecule has 29 heavy (non-hydrogen) atoms. The van der Waals surface area contributed by atoms with Crippen LogP contribution in [0.25, 0.3) is 5.65 Å². The van der Waals surface area contributed by atoms with Crippen molar-refractivity contribution in [3.8, 4) is 5.75 Å². The molecular formula is C20H18N4O5. The second-order valence-corrected chi connectivity index (χ2v) is 6.64. The second-order valence-electron chi connectivity index (χ2n) is 6.64. The average molecular weight is 394 g/mol. The van der Waals surface area contributed by atoms with Crippen LogP contribution in [0.15, 0.2) is 48.8 Å². The Hall–Kier alpha value is -3.88. The molecule has 3 aromatic rings. The molecule has 0 bridgehead atoms. The number of hydrogen-bond donors (Lipinski definition) is 2. The third-order valence-electron chi connectivity index (χ3n) is 4.70. The number of hydrogen-bond acceptors (Lipinski definition) is 6. The van der Waals surface area contributed by atoms with Gasteiger partial charge in [-0.3, -0.25) is 18.9 Å². The third-order valence-corrected chi connectivity index (χ3v) is 4.70. The molecule has 2 amide bonds. The molecule has 4 rings (SSSR count). The number of amides is 2. The van der Waals surface area contributed by atoms with E-state index >= 15 is 0 Å². The Morgan fingerprint density at radius 2 is 2.03 bits per heavy atom. The van der Waals surface area contributed by atoms with Crippen LogP contribution in [0.3, 0.4) is 0 Å². The van der Waals surface area contributed by atoms with E-state index in [-0.39, 0.29) is 36.6 Å². The number of fused-ring (bicyclic) bond motifs is 1. The van der Waals surface area contributed by atoms with Gasteiger partial charge < -0.3 is 15.2 Å². The van der Waals surface area contributed by atoms with Crippen molar-refractivity contribution in [2.45, 2.75) is 13.0 Å². The van der Waals surface area contributed by atoms with Crippen LogP contribution in [0.4, 0.5) is 10.5 Å². The molecule has 1 fully saturated rings. The van der Waals surface area contributed by atoms with E-state index in [9.17, 15) is 19.5 Å². The SMILES string of the molecule is CC(=O)NCC1COC(=O)N1c1ccc(C(=O)c2cnc3c(O)cccn23)cc1. The molecule has 0 spiro atoms. The zero-order valence-electron chi connectivity index (χ0n) is 15.5. The average Bonchev–Trinajstić information content (AvgIpc) is 3.30. The molecule has 1 saturated heterocycles. The van der Waals surface area contributed by atoms with E-state index in [0.717, 1.165) is 0 Å². The quantitative estimate of drug-likeness (QED) is 0.637. The van der Waals surface area contributed by atoms with Gasteiger partial charge >= 0.3 is 6.09 Å². The molecule has 3 heterocycles. The number of ketones is 1. The van der Waals surface area contributed by atoms with E-state index in [2.05, 4.69) is 10.3 Å². The van der Waals surface area contributed by atoms with Gasteiger partial charge in [0, 0.05) is 30.9 Å². The van der Waals surface area contributed by atoms with Gasteiger partial charge in [0.15, 0.2) is 11.4 Å². The lowest BCUT2D eigenvalue weighted by Gasteiger charge is -2.21. The van der Waals surface area contributed by atoms with Gasteiger partial charge in [-0.05, 0) is 36.4 Å². The van der Waals surface area contributed by atoms with E-state index in [1.807, 2.05) is 0 Å². The molecule has 1 aromatic carbocycles. The second kappa shape index (κ2) is 7.27. The number of nitrogens with zero attached hydrogens (tertiary/aromatic N) is 3. The fourth-order valence-corrected chi connectivity index (χ4v) is 3.27. The van der Waals surface area contributed by atoms with Crippen molar-refractivity contribution >= 4 is 29.1 Å². The number of aromatic nitrogens is 2. The standard InChI is InChI=1S/C20H18N4O5/c1-12(25)21-9-15-11-29-20(28)24(15)14-6-4-13(5-7-14)18(27)16-10-22-19-17(26)3-2-8-23(16)19/h2-8,10,15,26H,9,11H2,1H3,(H,21,25). The summed E-state index contributed by atoms with van der Waals surface area (Å²) in [6, 6.07) is 9.33. The van der Waals surface area contributed by atoms with Crippen LogP contribution >= 0.6 is 0 Å². The number of nitrogens with one attached hydrogen (secondary N) is 1.